The van der Waals surface area contributed by atoms with Gasteiger partial charge in [0.05, 0.1) is 39.6 Å². The van der Waals surface area contributed by atoms with Crippen molar-refractivity contribution in [1.29, 1.82) is 0 Å². The number of nitrogens with one attached hydrogen (secondary N) is 2. The van der Waals surface area contributed by atoms with Gasteiger partial charge in [0.1, 0.15) is 17.1 Å². The molecule has 0 spiro atoms. The van der Waals surface area contributed by atoms with Gasteiger partial charge >= 0.3 is 12.1 Å². The van der Waals surface area contributed by atoms with Gasteiger partial charge in [-0.05, 0) is 111 Å². The van der Waals surface area contributed by atoms with Crippen molar-refractivity contribution in [1.82, 2.24) is 30.0 Å². The third-order valence-electron chi connectivity index (χ3n) is 15.1. The van der Waals surface area contributed by atoms with Gasteiger partial charge in [0.15, 0.2) is 10.8 Å². The molecule has 3 aliphatic heterocycles. The van der Waals surface area contributed by atoms with Crippen molar-refractivity contribution in [2.45, 2.75) is 82.2 Å². The number of benzene rings is 4. The zero-order chi connectivity index (χ0) is 52.7. The lowest BCUT2D eigenvalue weighted by atomic mass is 9.93. The number of para-hydroxylation sites is 1. The molecular formula is C56H56F3N9O7S. The van der Waals surface area contributed by atoms with Crippen LogP contribution in [0.5, 0.6) is 5.75 Å². The molecular weight excluding hydrogens is 1000 g/mol. The molecule has 394 valence electrons. The summed E-state index contributed by atoms with van der Waals surface area (Å²) in [5.74, 6) is -2.93. The number of carbonyl (C=O) groups excluding carboxylic acids is 3. The Morgan fingerprint density at radius 1 is 0.842 bits per heavy atom. The Balaban J connectivity index is 0.678. The van der Waals surface area contributed by atoms with Crippen LogP contribution in [-0.4, -0.2) is 112 Å². The molecule has 4 aromatic carbocycles. The Labute approximate surface area is 439 Å². The molecule has 3 N–H and O–H groups in total. The van der Waals surface area contributed by atoms with Gasteiger partial charge in [-0.1, -0.05) is 47.7 Å². The van der Waals surface area contributed by atoms with Crippen molar-refractivity contribution in [3.8, 4) is 16.9 Å². The number of carbonyl (C=O) groups is 4. The number of ether oxygens (including phenoxy) is 2. The zero-order valence-electron chi connectivity index (χ0n) is 41.8. The summed E-state index contributed by atoms with van der Waals surface area (Å²) >= 11 is 1.37. The summed E-state index contributed by atoms with van der Waals surface area (Å²) in [6.45, 7) is 5.59. The molecule has 11 rings (SSSR count). The van der Waals surface area contributed by atoms with Crippen molar-refractivity contribution in [3.63, 3.8) is 0 Å². The molecule has 3 aromatic heterocycles. The fourth-order valence-electron chi connectivity index (χ4n) is 11.2. The minimum Gasteiger partial charge on any atom is -0.490 e. The van der Waals surface area contributed by atoms with Gasteiger partial charge in [0, 0.05) is 93.7 Å². The maximum Gasteiger partial charge on any atom is 0.420 e. The van der Waals surface area contributed by atoms with Crippen LogP contribution in [0.1, 0.15) is 94.1 Å². The number of aryl methyl sites for hydroxylation is 1. The molecule has 1 atom stereocenters. The number of hydrogen-bond donors (Lipinski definition) is 3. The van der Waals surface area contributed by atoms with E-state index in [1.807, 2.05) is 54.4 Å². The predicted octanol–water partition coefficient (Wildman–Crippen LogP) is 9.22. The van der Waals surface area contributed by atoms with Crippen molar-refractivity contribution >= 4 is 72.8 Å². The van der Waals surface area contributed by atoms with Gasteiger partial charge in [0.2, 0.25) is 11.8 Å². The number of carboxylic acids is 1. The molecule has 1 saturated carbocycles. The number of piperidine rings is 1. The number of aromatic carboxylic acids is 1. The van der Waals surface area contributed by atoms with E-state index in [0.717, 1.165) is 77.1 Å². The molecule has 0 bridgehead atoms. The van der Waals surface area contributed by atoms with Gasteiger partial charge in [-0.25, -0.2) is 14.8 Å². The lowest BCUT2D eigenvalue weighted by molar-refractivity contribution is -0.139. The quantitative estimate of drug-likeness (QED) is 0.0693. The summed E-state index contributed by atoms with van der Waals surface area (Å²) in [4.78, 5) is 66.4. The summed E-state index contributed by atoms with van der Waals surface area (Å²) in [6.07, 6.45) is -1.04. The number of halogens is 3. The van der Waals surface area contributed by atoms with Crippen LogP contribution in [0.15, 0.2) is 91.0 Å². The number of anilines is 3. The van der Waals surface area contributed by atoms with Crippen LogP contribution < -0.4 is 25.2 Å². The normalized spacial score (nSPS) is 19.4. The highest BCUT2D eigenvalue weighted by molar-refractivity contribution is 7.22. The Hall–Kier alpha value is -7.42. The number of aromatic nitrogens is 4. The average Bonchev–Trinajstić information content (AvgIpc) is 4.01. The molecule has 1 unspecified atom stereocenters. The molecule has 4 aliphatic rings. The molecule has 6 heterocycles. The molecule has 3 fully saturated rings. The van der Waals surface area contributed by atoms with Gasteiger partial charge in [-0.2, -0.15) is 18.3 Å². The molecule has 16 nitrogen and oxygen atoms in total. The highest BCUT2D eigenvalue weighted by Crippen LogP contribution is 2.45. The lowest BCUT2D eigenvalue weighted by Gasteiger charge is -2.36. The summed E-state index contributed by atoms with van der Waals surface area (Å²) in [5.41, 5.74) is 3.52. The number of piperazine rings is 1. The van der Waals surface area contributed by atoms with E-state index < -0.39 is 35.4 Å². The molecule has 2 saturated heterocycles. The molecule has 3 amide bonds. The van der Waals surface area contributed by atoms with E-state index in [-0.39, 0.29) is 53.1 Å². The van der Waals surface area contributed by atoms with Crippen molar-refractivity contribution in [2.75, 3.05) is 61.0 Å². The predicted molar refractivity (Wildman–Crippen MR) is 282 cm³/mol. The van der Waals surface area contributed by atoms with E-state index in [2.05, 4.69) is 47.6 Å². The van der Waals surface area contributed by atoms with Crippen molar-refractivity contribution in [2.24, 2.45) is 7.05 Å². The van der Waals surface area contributed by atoms with E-state index >= 15 is 13.2 Å². The average molecular weight is 1060 g/mol. The minimum atomic E-state index is -4.88. The summed E-state index contributed by atoms with van der Waals surface area (Å²) in [7, 11) is 1.87. The largest absolute Gasteiger partial charge is 0.490 e. The molecule has 76 heavy (non-hydrogen) atoms. The summed E-state index contributed by atoms with van der Waals surface area (Å²) < 4.78 is 60.6. The number of rotatable bonds is 14. The third-order valence-corrected chi connectivity index (χ3v) is 16.0. The number of alkyl halides is 3. The van der Waals surface area contributed by atoms with E-state index in [4.69, 9.17) is 9.47 Å². The maximum atomic E-state index is 15.2. The smallest absolute Gasteiger partial charge is 0.420 e. The Morgan fingerprint density at radius 3 is 2.41 bits per heavy atom. The number of nitrogens with zero attached hydrogens (tertiary/aromatic N) is 7. The SMILES string of the molecule is Cn1nc(C2CCC(=O)NC2=O)c2ccc(N3CCN(CCCOC4CCC(Oc5cccc(-c6ccc(N7CCc8cccc(C(=O)Nc9nc%10ccccc%10s9)c8C7)nc6C(=O)O)c5C(F)(F)F)CC4)CC3)cc21. The van der Waals surface area contributed by atoms with Crippen LogP contribution in [-0.2, 0) is 40.5 Å². The number of fused-ring (bicyclic) bond motifs is 3. The second-order valence-corrected chi connectivity index (χ2v) is 20.9. The fourth-order valence-corrected chi connectivity index (χ4v) is 12.0. The first-order valence-electron chi connectivity index (χ1n) is 25.8. The van der Waals surface area contributed by atoms with Crippen molar-refractivity contribution in [3.05, 3.63) is 125 Å². The zero-order valence-corrected chi connectivity index (χ0v) is 42.6. The lowest BCUT2D eigenvalue weighted by Crippen LogP contribution is -2.46. The van der Waals surface area contributed by atoms with Crippen LogP contribution in [0.3, 0.4) is 0 Å². The minimum absolute atomic E-state index is 0.0353. The van der Waals surface area contributed by atoms with Crippen LogP contribution in [0.2, 0.25) is 0 Å². The van der Waals surface area contributed by atoms with E-state index in [1.165, 1.54) is 41.7 Å². The summed E-state index contributed by atoms with van der Waals surface area (Å²) in [6, 6.07) is 26.2. The highest BCUT2D eigenvalue weighted by Gasteiger charge is 2.40. The molecule has 1 aliphatic carbocycles. The van der Waals surface area contributed by atoms with Gasteiger partial charge in [-0.3, -0.25) is 34.6 Å². The monoisotopic (exact) mass is 1060 g/mol. The van der Waals surface area contributed by atoms with Crippen LogP contribution in [0.25, 0.3) is 32.2 Å². The van der Waals surface area contributed by atoms with Gasteiger partial charge in [0.25, 0.3) is 5.91 Å². The summed E-state index contributed by atoms with van der Waals surface area (Å²) in [5, 5.41) is 21.9. The molecule has 7 aromatic rings. The Bertz CT molecular complexity index is 3330. The van der Waals surface area contributed by atoms with Crippen molar-refractivity contribution < 1.29 is 46.9 Å². The first-order chi connectivity index (χ1) is 36.7. The van der Waals surface area contributed by atoms with Crippen LogP contribution in [0.4, 0.5) is 29.8 Å². The number of amides is 3. The molecule has 20 heteroatoms. The van der Waals surface area contributed by atoms with Gasteiger partial charge < -0.3 is 24.4 Å². The second-order valence-electron chi connectivity index (χ2n) is 19.9. The Kier molecular flexibility index (Phi) is 14.2. The number of pyridine rings is 1. The number of hydrogen-bond acceptors (Lipinski definition) is 13. The Morgan fingerprint density at radius 2 is 1.63 bits per heavy atom. The first kappa shape index (κ1) is 50.7. The second kappa shape index (κ2) is 21.3. The number of imide groups is 1. The topological polar surface area (TPSA) is 184 Å². The fraction of sp³-hybridized carbons (Fsp3) is 0.375. The number of thiazole rings is 1. The van der Waals surface area contributed by atoms with Crippen LogP contribution in [0, 0.1) is 0 Å². The highest BCUT2D eigenvalue weighted by atomic mass is 32.1. The number of carboxylic acid groups (broad SMARTS) is 1. The first-order valence-corrected chi connectivity index (χ1v) is 26.6. The van der Waals surface area contributed by atoms with Crippen LogP contribution >= 0.6 is 11.3 Å². The van der Waals surface area contributed by atoms with E-state index in [9.17, 15) is 24.3 Å². The third kappa shape index (κ3) is 10.6. The van der Waals surface area contributed by atoms with E-state index in [0.29, 0.717) is 74.5 Å². The molecule has 0 radical (unpaired) electrons. The van der Waals surface area contributed by atoms with E-state index in [1.54, 1.807) is 10.7 Å². The maximum absolute atomic E-state index is 15.2. The van der Waals surface area contributed by atoms with Gasteiger partial charge in [-0.15, -0.1) is 0 Å². The standard InChI is InChI=1S/C56H56F3N9O7S/c1-65-44-31-34(13-18-40(44)50(64-65)41-20-22-48(69)62-53(41)71)67-28-26-66(27-29-67)24-6-30-74-35-14-16-36(17-15-35)75-45-11-5-8-37(49(45)56(57,58)59)38-19-21-47(61-51(38)54(72)73)68-25-23-33-7-4-9-39(42(33)32-68)52(70)63-55-60-43-10-2-3-12-46(43)76-55/h2-5,7-13,18-19,21,31,35-36,41H,6,14-17,20,22-30,32H2,1H3,(H,72,73)(H,60,63,70)(H,62,69,71).